The van der Waals surface area contributed by atoms with Crippen LogP contribution in [0.5, 0.6) is 5.75 Å². The summed E-state index contributed by atoms with van der Waals surface area (Å²) in [5.74, 6) is 4.87. The standard InChI is InChI=1S/C29H38N2O10/c1-29(2,3)41-25(33)19-40-17-16-39-15-14-38-13-12-37-11-5-6-20-7-9-23(36-4)26-21(20)18-31(28(26)35)22-8-10-24(32)30-27(22)34/h7,9,22H,8,10-19H2,1-4H3,(H,30,32,34). The van der Waals surface area contributed by atoms with Crippen molar-refractivity contribution in [3.63, 3.8) is 0 Å². The second-order valence-electron chi connectivity index (χ2n) is 10.3. The lowest BCUT2D eigenvalue weighted by Crippen LogP contribution is -2.52. The van der Waals surface area contributed by atoms with Gasteiger partial charge in [-0.25, -0.2) is 4.79 Å². The van der Waals surface area contributed by atoms with Gasteiger partial charge in [0.25, 0.3) is 5.91 Å². The molecule has 12 nitrogen and oxygen atoms in total. The second kappa shape index (κ2) is 15.5. The Morgan fingerprint density at radius 1 is 1.00 bits per heavy atom. The Hall–Kier alpha value is -3.50. The summed E-state index contributed by atoms with van der Waals surface area (Å²) in [7, 11) is 1.48. The van der Waals surface area contributed by atoms with Gasteiger partial charge < -0.3 is 33.3 Å². The van der Waals surface area contributed by atoms with E-state index in [0.717, 1.165) is 0 Å². The van der Waals surface area contributed by atoms with E-state index in [2.05, 4.69) is 17.2 Å². The number of imide groups is 1. The van der Waals surface area contributed by atoms with Gasteiger partial charge in [-0.05, 0) is 39.3 Å². The van der Waals surface area contributed by atoms with E-state index in [4.69, 9.17) is 28.4 Å². The molecule has 1 atom stereocenters. The van der Waals surface area contributed by atoms with Gasteiger partial charge in [-0.15, -0.1) is 0 Å². The summed E-state index contributed by atoms with van der Waals surface area (Å²) in [5, 5.41) is 2.30. The number of nitrogens with zero attached hydrogens (tertiary/aromatic N) is 1. The molecule has 0 saturated carbocycles. The number of rotatable bonds is 14. The molecule has 41 heavy (non-hydrogen) atoms. The highest BCUT2D eigenvalue weighted by Gasteiger charge is 2.41. The molecule has 2 heterocycles. The Bertz CT molecular complexity index is 1160. The van der Waals surface area contributed by atoms with Crippen LogP contribution >= 0.6 is 0 Å². The van der Waals surface area contributed by atoms with Crippen molar-refractivity contribution in [1.82, 2.24) is 10.2 Å². The SMILES string of the molecule is COc1ccc(C#CCOCCOCCOCCOCC(=O)OC(C)(C)C)c2c1C(=O)N(C1CCC(=O)NC1=O)C2. The molecule has 0 aromatic heterocycles. The van der Waals surface area contributed by atoms with E-state index in [1.165, 1.54) is 12.0 Å². The van der Waals surface area contributed by atoms with Crippen LogP contribution in [0.1, 0.15) is 55.1 Å². The zero-order valence-electron chi connectivity index (χ0n) is 24.0. The van der Waals surface area contributed by atoms with Gasteiger partial charge in [0, 0.05) is 24.1 Å². The lowest BCUT2D eigenvalue weighted by Gasteiger charge is -2.29. The maximum Gasteiger partial charge on any atom is 0.332 e. The fraction of sp³-hybridized carbons (Fsp3) is 0.586. The number of hydrogen-bond donors (Lipinski definition) is 1. The number of hydrogen-bond acceptors (Lipinski definition) is 10. The van der Waals surface area contributed by atoms with Crippen molar-refractivity contribution in [2.24, 2.45) is 0 Å². The van der Waals surface area contributed by atoms with E-state index < -0.39 is 23.5 Å². The molecule has 12 heteroatoms. The van der Waals surface area contributed by atoms with Crippen molar-refractivity contribution in [1.29, 1.82) is 0 Å². The molecule has 1 aromatic rings. The molecule has 0 aliphatic carbocycles. The Morgan fingerprint density at radius 3 is 2.29 bits per heavy atom. The number of methoxy groups -OCH3 is 1. The van der Waals surface area contributed by atoms with Crippen LogP contribution in [0.25, 0.3) is 0 Å². The quantitative estimate of drug-likeness (QED) is 0.149. The van der Waals surface area contributed by atoms with Gasteiger partial charge in [0.2, 0.25) is 11.8 Å². The minimum absolute atomic E-state index is 0.114. The molecule has 3 amide bonds. The summed E-state index contributed by atoms with van der Waals surface area (Å²) in [4.78, 5) is 50.0. The summed E-state index contributed by atoms with van der Waals surface area (Å²) in [5.41, 5.74) is 1.18. The van der Waals surface area contributed by atoms with E-state index in [9.17, 15) is 19.2 Å². The first-order valence-corrected chi connectivity index (χ1v) is 13.5. The van der Waals surface area contributed by atoms with Gasteiger partial charge in [0.05, 0.1) is 52.3 Å². The third kappa shape index (κ3) is 9.82. The van der Waals surface area contributed by atoms with Crippen LogP contribution in [0.4, 0.5) is 0 Å². The largest absolute Gasteiger partial charge is 0.496 e. The monoisotopic (exact) mass is 574 g/mol. The third-order valence-electron chi connectivity index (χ3n) is 6.04. The number of ether oxygens (including phenoxy) is 6. The molecule has 1 unspecified atom stereocenters. The fourth-order valence-corrected chi connectivity index (χ4v) is 4.27. The van der Waals surface area contributed by atoms with Crippen LogP contribution in [0.3, 0.4) is 0 Å². The molecule has 0 bridgehead atoms. The predicted molar refractivity (Wildman–Crippen MR) is 145 cm³/mol. The summed E-state index contributed by atoms with van der Waals surface area (Å²) in [6, 6.07) is 2.74. The molecular weight excluding hydrogens is 536 g/mol. The van der Waals surface area contributed by atoms with Crippen LogP contribution in [0.15, 0.2) is 12.1 Å². The Balaban J connectivity index is 1.33. The molecule has 0 radical (unpaired) electrons. The van der Waals surface area contributed by atoms with Gasteiger partial charge in [-0.1, -0.05) is 11.8 Å². The highest BCUT2D eigenvalue weighted by molar-refractivity contribution is 6.06. The molecule has 1 fully saturated rings. The first-order valence-electron chi connectivity index (χ1n) is 13.5. The fourth-order valence-electron chi connectivity index (χ4n) is 4.27. The lowest BCUT2D eigenvalue weighted by molar-refractivity contribution is -0.160. The van der Waals surface area contributed by atoms with Gasteiger partial charge >= 0.3 is 5.97 Å². The Kier molecular flexibility index (Phi) is 12.1. The van der Waals surface area contributed by atoms with Crippen LogP contribution in [0, 0.1) is 11.8 Å². The maximum atomic E-state index is 13.2. The van der Waals surface area contributed by atoms with Crippen molar-refractivity contribution >= 4 is 23.7 Å². The third-order valence-corrected chi connectivity index (χ3v) is 6.04. The first kappa shape index (κ1) is 32.0. The Labute approximate surface area is 239 Å². The summed E-state index contributed by atoms with van der Waals surface area (Å²) in [6.45, 7) is 7.74. The van der Waals surface area contributed by atoms with Gasteiger partial charge in [-0.3, -0.25) is 19.7 Å². The molecule has 1 saturated heterocycles. The number of amides is 3. The molecule has 2 aliphatic heterocycles. The minimum atomic E-state index is -0.718. The number of esters is 1. The Morgan fingerprint density at radius 2 is 1.66 bits per heavy atom. The highest BCUT2D eigenvalue weighted by Crippen LogP contribution is 2.35. The highest BCUT2D eigenvalue weighted by atomic mass is 16.6. The first-order chi connectivity index (χ1) is 19.6. The summed E-state index contributed by atoms with van der Waals surface area (Å²) >= 11 is 0. The normalized spacial score (nSPS) is 16.6. The molecular formula is C29H38N2O10. The molecule has 0 spiro atoms. The number of carbonyl (C=O) groups is 4. The second-order valence-corrected chi connectivity index (χ2v) is 10.3. The number of nitrogens with one attached hydrogen (secondary N) is 1. The minimum Gasteiger partial charge on any atom is -0.496 e. The van der Waals surface area contributed by atoms with Gasteiger partial charge in [-0.2, -0.15) is 0 Å². The zero-order valence-corrected chi connectivity index (χ0v) is 24.0. The van der Waals surface area contributed by atoms with Crippen LogP contribution < -0.4 is 10.1 Å². The summed E-state index contributed by atoms with van der Waals surface area (Å²) < 4.78 is 32.1. The van der Waals surface area contributed by atoms with Gasteiger partial charge in [0.1, 0.15) is 30.6 Å². The smallest absolute Gasteiger partial charge is 0.332 e. The van der Waals surface area contributed by atoms with E-state index in [1.54, 1.807) is 32.9 Å². The van der Waals surface area contributed by atoms with Crippen molar-refractivity contribution in [2.75, 3.05) is 60.0 Å². The molecule has 1 N–H and O–H groups in total. The zero-order chi connectivity index (χ0) is 29.8. The van der Waals surface area contributed by atoms with E-state index >= 15 is 0 Å². The topological polar surface area (TPSA) is 139 Å². The van der Waals surface area contributed by atoms with Gasteiger partial charge in [0.15, 0.2) is 0 Å². The maximum absolute atomic E-state index is 13.2. The lowest BCUT2D eigenvalue weighted by atomic mass is 10.0. The molecule has 3 rings (SSSR count). The summed E-state index contributed by atoms with van der Waals surface area (Å²) in [6.07, 6.45) is 0.459. The van der Waals surface area contributed by atoms with Crippen molar-refractivity contribution < 1.29 is 47.6 Å². The number of benzene rings is 1. The van der Waals surface area contributed by atoms with E-state index in [-0.39, 0.29) is 51.0 Å². The van der Waals surface area contributed by atoms with E-state index in [0.29, 0.717) is 55.5 Å². The van der Waals surface area contributed by atoms with Crippen molar-refractivity contribution in [3.05, 3.63) is 28.8 Å². The van der Waals surface area contributed by atoms with Crippen molar-refractivity contribution in [3.8, 4) is 17.6 Å². The predicted octanol–water partition coefficient (Wildman–Crippen LogP) is 1.22. The van der Waals surface area contributed by atoms with Crippen LogP contribution in [-0.2, 0) is 44.6 Å². The average molecular weight is 575 g/mol. The number of carbonyl (C=O) groups excluding carboxylic acids is 4. The van der Waals surface area contributed by atoms with Crippen LogP contribution in [-0.4, -0.2) is 100 Å². The van der Waals surface area contributed by atoms with Crippen LogP contribution in [0.2, 0.25) is 0 Å². The number of piperidine rings is 1. The molecule has 2 aliphatic rings. The average Bonchev–Trinajstić information content (AvgIpc) is 3.25. The molecule has 224 valence electrons. The molecule has 1 aromatic carbocycles. The van der Waals surface area contributed by atoms with Crippen molar-refractivity contribution in [2.45, 2.75) is 51.8 Å². The number of fused-ring (bicyclic) bond motifs is 1. The van der Waals surface area contributed by atoms with E-state index in [1.807, 2.05) is 0 Å².